The molecule has 1 heterocycles. The molecule has 0 aliphatic carbocycles. The van der Waals surface area contributed by atoms with Crippen molar-refractivity contribution in [3.63, 3.8) is 0 Å². The van der Waals surface area contributed by atoms with Crippen LogP contribution in [0.1, 0.15) is 0 Å². The van der Waals surface area contributed by atoms with E-state index in [0.29, 0.717) is 0 Å². The van der Waals surface area contributed by atoms with Gasteiger partial charge in [-0.2, -0.15) is 4.37 Å². The molecule has 0 amide bonds. The first kappa shape index (κ1) is 6.61. The summed E-state index contributed by atoms with van der Waals surface area (Å²) in [6.07, 6.45) is 1.89. The van der Waals surface area contributed by atoms with E-state index in [4.69, 9.17) is 0 Å². The fourth-order valence-electron chi connectivity index (χ4n) is 1.02. The standard InChI is InChI=1S/C8H8N2S/c1-9-7-3-2-6-5-10-11-8(6)4-7/h2-5,9H,1H3. The Bertz CT molecular complexity index is 367. The Balaban J connectivity index is 2.67. The number of anilines is 1. The molecule has 1 N–H and O–H groups in total. The SMILES string of the molecule is CNc1ccc2cnsc2c1. The number of rotatable bonds is 1. The van der Waals surface area contributed by atoms with E-state index in [1.54, 1.807) is 0 Å². The second-order valence-electron chi connectivity index (χ2n) is 2.33. The first-order valence-electron chi connectivity index (χ1n) is 3.42. The van der Waals surface area contributed by atoms with Gasteiger partial charge in [-0.15, -0.1) is 0 Å². The molecule has 0 saturated carbocycles. The zero-order chi connectivity index (χ0) is 7.68. The van der Waals surface area contributed by atoms with Crippen LogP contribution in [0.4, 0.5) is 5.69 Å². The molecule has 0 aliphatic heterocycles. The van der Waals surface area contributed by atoms with Gasteiger partial charge in [0.25, 0.3) is 0 Å². The summed E-state index contributed by atoms with van der Waals surface area (Å²) in [7, 11) is 1.92. The largest absolute Gasteiger partial charge is 0.388 e. The molecule has 0 unspecified atom stereocenters. The van der Waals surface area contributed by atoms with Gasteiger partial charge in [0.2, 0.25) is 0 Å². The Morgan fingerprint density at radius 1 is 1.45 bits per heavy atom. The molecule has 2 aromatic rings. The van der Waals surface area contributed by atoms with Gasteiger partial charge in [0.05, 0.1) is 4.70 Å². The molecule has 1 aromatic carbocycles. The lowest BCUT2D eigenvalue weighted by Gasteiger charge is -1.96. The van der Waals surface area contributed by atoms with Gasteiger partial charge in [-0.1, -0.05) is 0 Å². The number of hydrogen-bond acceptors (Lipinski definition) is 3. The maximum atomic E-state index is 4.09. The Morgan fingerprint density at radius 2 is 2.36 bits per heavy atom. The highest BCUT2D eigenvalue weighted by molar-refractivity contribution is 7.13. The lowest BCUT2D eigenvalue weighted by atomic mass is 10.2. The third kappa shape index (κ3) is 1.07. The van der Waals surface area contributed by atoms with Crippen molar-refractivity contribution in [2.24, 2.45) is 0 Å². The summed E-state index contributed by atoms with van der Waals surface area (Å²) in [6, 6.07) is 6.23. The second-order valence-corrected chi connectivity index (χ2v) is 3.16. The second kappa shape index (κ2) is 2.51. The Morgan fingerprint density at radius 3 is 3.18 bits per heavy atom. The maximum absolute atomic E-state index is 4.09. The number of aromatic nitrogens is 1. The summed E-state index contributed by atoms with van der Waals surface area (Å²) in [5, 5.41) is 4.30. The third-order valence-electron chi connectivity index (χ3n) is 1.65. The van der Waals surface area contributed by atoms with Crippen molar-refractivity contribution in [2.75, 3.05) is 12.4 Å². The van der Waals surface area contributed by atoms with Crippen molar-refractivity contribution in [1.82, 2.24) is 4.37 Å². The normalized spacial score (nSPS) is 10.3. The van der Waals surface area contributed by atoms with E-state index < -0.39 is 0 Å². The molecule has 2 rings (SSSR count). The van der Waals surface area contributed by atoms with Gasteiger partial charge < -0.3 is 5.32 Å². The molecule has 1 aromatic heterocycles. The molecule has 0 atom stereocenters. The van der Waals surface area contributed by atoms with E-state index in [1.165, 1.54) is 21.6 Å². The number of nitrogens with one attached hydrogen (secondary N) is 1. The minimum Gasteiger partial charge on any atom is -0.388 e. The predicted octanol–water partition coefficient (Wildman–Crippen LogP) is 2.34. The molecule has 2 nitrogen and oxygen atoms in total. The lowest BCUT2D eigenvalue weighted by Crippen LogP contribution is -1.85. The fourth-order valence-corrected chi connectivity index (χ4v) is 1.70. The van der Waals surface area contributed by atoms with Gasteiger partial charge in [-0.25, -0.2) is 0 Å². The molecule has 3 heteroatoms. The monoisotopic (exact) mass is 164 g/mol. The average Bonchev–Trinajstić information content (AvgIpc) is 2.50. The smallest absolute Gasteiger partial charge is 0.0570 e. The Kier molecular flexibility index (Phi) is 1.51. The van der Waals surface area contributed by atoms with Crippen molar-refractivity contribution >= 4 is 27.3 Å². The van der Waals surface area contributed by atoms with E-state index in [2.05, 4.69) is 27.9 Å². The summed E-state index contributed by atoms with van der Waals surface area (Å²) in [6.45, 7) is 0. The van der Waals surface area contributed by atoms with Crippen LogP contribution in [0.2, 0.25) is 0 Å². The quantitative estimate of drug-likeness (QED) is 0.699. The van der Waals surface area contributed by atoms with Gasteiger partial charge >= 0.3 is 0 Å². The predicted molar refractivity (Wildman–Crippen MR) is 49.2 cm³/mol. The van der Waals surface area contributed by atoms with Gasteiger partial charge in [0, 0.05) is 24.3 Å². The zero-order valence-electron chi connectivity index (χ0n) is 6.16. The minimum atomic E-state index is 1.14. The van der Waals surface area contributed by atoms with Gasteiger partial charge in [0.15, 0.2) is 0 Å². The molecular weight excluding hydrogens is 156 g/mol. The molecule has 0 fully saturated rings. The highest BCUT2D eigenvalue weighted by Gasteiger charge is 1.95. The Hall–Kier alpha value is -1.09. The summed E-state index contributed by atoms with van der Waals surface area (Å²) in [5.41, 5.74) is 1.14. The van der Waals surface area contributed by atoms with E-state index in [-0.39, 0.29) is 0 Å². The van der Waals surface area contributed by atoms with Crippen molar-refractivity contribution in [3.05, 3.63) is 24.4 Å². The topological polar surface area (TPSA) is 24.9 Å². The van der Waals surface area contributed by atoms with Crippen LogP contribution in [0.3, 0.4) is 0 Å². The Labute approximate surface area is 69.0 Å². The number of fused-ring (bicyclic) bond motifs is 1. The van der Waals surface area contributed by atoms with Crippen molar-refractivity contribution < 1.29 is 0 Å². The van der Waals surface area contributed by atoms with Crippen LogP contribution < -0.4 is 5.32 Å². The first-order valence-corrected chi connectivity index (χ1v) is 4.20. The summed E-state index contributed by atoms with van der Waals surface area (Å²) < 4.78 is 5.32. The molecular formula is C8H8N2S. The van der Waals surface area contributed by atoms with Crippen LogP contribution in [0, 0.1) is 0 Å². The highest BCUT2D eigenvalue weighted by atomic mass is 32.1. The lowest BCUT2D eigenvalue weighted by molar-refractivity contribution is 1.54. The fraction of sp³-hybridized carbons (Fsp3) is 0.125. The van der Waals surface area contributed by atoms with Crippen LogP contribution in [-0.4, -0.2) is 11.4 Å². The molecule has 0 aliphatic rings. The van der Waals surface area contributed by atoms with Gasteiger partial charge in [-0.05, 0) is 29.7 Å². The minimum absolute atomic E-state index is 1.14. The van der Waals surface area contributed by atoms with Crippen LogP contribution in [0.15, 0.2) is 24.4 Å². The van der Waals surface area contributed by atoms with Crippen LogP contribution in [-0.2, 0) is 0 Å². The highest BCUT2D eigenvalue weighted by Crippen LogP contribution is 2.21. The van der Waals surface area contributed by atoms with Crippen molar-refractivity contribution in [2.45, 2.75) is 0 Å². The van der Waals surface area contributed by atoms with Crippen LogP contribution in [0.5, 0.6) is 0 Å². The van der Waals surface area contributed by atoms with E-state index >= 15 is 0 Å². The molecule has 0 bridgehead atoms. The van der Waals surface area contributed by atoms with Gasteiger partial charge in [-0.3, -0.25) is 0 Å². The third-order valence-corrected chi connectivity index (χ3v) is 2.41. The molecule has 0 radical (unpaired) electrons. The summed E-state index contributed by atoms with van der Waals surface area (Å²) in [4.78, 5) is 0. The maximum Gasteiger partial charge on any atom is 0.0570 e. The van der Waals surface area contributed by atoms with E-state index in [9.17, 15) is 0 Å². The van der Waals surface area contributed by atoms with E-state index in [0.717, 1.165) is 5.69 Å². The molecule has 56 valence electrons. The molecule has 0 spiro atoms. The van der Waals surface area contributed by atoms with Crippen LogP contribution in [0.25, 0.3) is 10.1 Å². The number of benzene rings is 1. The van der Waals surface area contributed by atoms with Gasteiger partial charge in [0.1, 0.15) is 0 Å². The summed E-state index contributed by atoms with van der Waals surface area (Å²) in [5.74, 6) is 0. The first-order chi connectivity index (χ1) is 5.40. The number of nitrogens with zero attached hydrogens (tertiary/aromatic N) is 1. The van der Waals surface area contributed by atoms with E-state index in [1.807, 2.05) is 13.2 Å². The van der Waals surface area contributed by atoms with Crippen LogP contribution >= 0.6 is 11.5 Å². The molecule has 0 saturated heterocycles. The average molecular weight is 164 g/mol. The molecule has 11 heavy (non-hydrogen) atoms. The number of hydrogen-bond donors (Lipinski definition) is 1. The van der Waals surface area contributed by atoms with Crippen molar-refractivity contribution in [3.8, 4) is 0 Å². The summed E-state index contributed by atoms with van der Waals surface area (Å²) >= 11 is 1.53. The zero-order valence-corrected chi connectivity index (χ0v) is 6.98. The van der Waals surface area contributed by atoms with Crippen molar-refractivity contribution in [1.29, 1.82) is 0 Å².